The van der Waals surface area contributed by atoms with Gasteiger partial charge >= 0.3 is 0 Å². The van der Waals surface area contributed by atoms with E-state index in [9.17, 15) is 10.2 Å². The van der Waals surface area contributed by atoms with Crippen molar-refractivity contribution in [2.24, 2.45) is 20.4 Å². The average Bonchev–Trinajstić information content (AvgIpc) is 2.88. The van der Waals surface area contributed by atoms with Gasteiger partial charge in [0.2, 0.25) is 0 Å². The van der Waals surface area contributed by atoms with Crippen LogP contribution < -0.4 is 0 Å². The van der Waals surface area contributed by atoms with Crippen molar-refractivity contribution in [3.63, 3.8) is 0 Å². The first-order valence-corrected chi connectivity index (χ1v) is 10.6. The van der Waals surface area contributed by atoms with Gasteiger partial charge in [-0.3, -0.25) is 0 Å². The lowest BCUT2D eigenvalue weighted by Crippen LogP contribution is -2.17. The number of para-hydroxylation sites is 2. The van der Waals surface area contributed by atoms with Crippen molar-refractivity contribution in [1.29, 1.82) is 0 Å². The minimum absolute atomic E-state index is 0.118. The number of phenols is 2. The smallest absolute Gasteiger partial charge is 0.124 e. The van der Waals surface area contributed by atoms with E-state index in [2.05, 4.69) is 20.4 Å². The quantitative estimate of drug-likeness (QED) is 0.292. The van der Waals surface area contributed by atoms with Crippen molar-refractivity contribution in [2.75, 3.05) is 0 Å². The Bertz CT molecular complexity index is 1250. The van der Waals surface area contributed by atoms with E-state index < -0.39 is 0 Å². The monoisotopic (exact) mass is 446 g/mol. The summed E-state index contributed by atoms with van der Waals surface area (Å²) in [5.74, 6) is 0.235. The van der Waals surface area contributed by atoms with E-state index in [0.717, 1.165) is 11.1 Å². The standard InChI is InChI=1S/C28H22N4O2/c33-25-17-9-7-15-23(25)19-29-31-27(21-11-3-1-4-12-21)28(22-13-5-2-6-14-22)32-30-20-24-16-8-10-18-26(24)34/h1-20,33-34H. The lowest BCUT2D eigenvalue weighted by molar-refractivity contribution is 0.474. The Hall–Kier alpha value is -4.84. The molecule has 6 nitrogen and oxygen atoms in total. The summed E-state index contributed by atoms with van der Waals surface area (Å²) in [6.45, 7) is 0. The summed E-state index contributed by atoms with van der Waals surface area (Å²) in [4.78, 5) is 0. The Labute approximate surface area is 197 Å². The van der Waals surface area contributed by atoms with Gasteiger partial charge in [0.1, 0.15) is 22.9 Å². The number of benzene rings is 4. The molecular formula is C28H22N4O2. The summed E-state index contributed by atoms with van der Waals surface area (Å²) >= 11 is 0. The topological polar surface area (TPSA) is 89.9 Å². The van der Waals surface area contributed by atoms with E-state index in [0.29, 0.717) is 22.6 Å². The van der Waals surface area contributed by atoms with Crippen LogP contribution in [-0.4, -0.2) is 34.1 Å². The van der Waals surface area contributed by atoms with Crippen molar-refractivity contribution in [2.45, 2.75) is 0 Å². The molecule has 0 saturated heterocycles. The third kappa shape index (κ3) is 5.69. The van der Waals surface area contributed by atoms with Gasteiger partial charge in [0.25, 0.3) is 0 Å². The molecule has 0 spiro atoms. The van der Waals surface area contributed by atoms with Crippen LogP contribution in [0.3, 0.4) is 0 Å². The van der Waals surface area contributed by atoms with E-state index in [1.54, 1.807) is 36.4 Å². The Morgan fingerprint density at radius 2 is 0.824 bits per heavy atom. The van der Waals surface area contributed by atoms with Gasteiger partial charge in [-0.25, -0.2) is 0 Å². The largest absolute Gasteiger partial charge is 0.507 e. The molecule has 0 aliphatic rings. The molecule has 4 aromatic rings. The second-order valence-corrected chi connectivity index (χ2v) is 7.24. The Kier molecular flexibility index (Phi) is 7.33. The first-order valence-electron chi connectivity index (χ1n) is 10.6. The van der Waals surface area contributed by atoms with Crippen molar-refractivity contribution in [1.82, 2.24) is 0 Å². The molecule has 2 N–H and O–H groups in total. The Morgan fingerprint density at radius 1 is 0.471 bits per heavy atom. The minimum Gasteiger partial charge on any atom is -0.507 e. The molecule has 0 atom stereocenters. The van der Waals surface area contributed by atoms with Crippen molar-refractivity contribution in [3.8, 4) is 11.5 Å². The molecule has 0 fully saturated rings. The zero-order valence-electron chi connectivity index (χ0n) is 18.2. The molecule has 0 unspecified atom stereocenters. The lowest BCUT2D eigenvalue weighted by Gasteiger charge is -2.08. The van der Waals surface area contributed by atoms with Crippen LogP contribution in [0.1, 0.15) is 22.3 Å². The SMILES string of the molecule is Oc1ccccc1C=NN=C(C(=NN=Cc1ccccc1O)c1ccccc1)c1ccccc1. The normalized spacial score (nSPS) is 12.5. The van der Waals surface area contributed by atoms with Crippen LogP contribution in [0.2, 0.25) is 0 Å². The molecule has 0 radical (unpaired) electrons. The number of rotatable bonds is 7. The van der Waals surface area contributed by atoms with Crippen LogP contribution in [0.5, 0.6) is 11.5 Å². The molecule has 0 aliphatic heterocycles. The van der Waals surface area contributed by atoms with Gasteiger partial charge < -0.3 is 10.2 Å². The Balaban J connectivity index is 1.80. The number of nitrogens with zero attached hydrogens (tertiary/aromatic N) is 4. The maximum Gasteiger partial charge on any atom is 0.124 e. The number of hydrogen-bond acceptors (Lipinski definition) is 6. The summed E-state index contributed by atoms with van der Waals surface area (Å²) in [5, 5.41) is 37.5. The maximum absolute atomic E-state index is 10.0. The lowest BCUT2D eigenvalue weighted by atomic mass is 10.00. The molecule has 6 heteroatoms. The highest BCUT2D eigenvalue weighted by Crippen LogP contribution is 2.15. The molecule has 0 aromatic heterocycles. The van der Waals surface area contributed by atoms with Crippen LogP contribution in [0.25, 0.3) is 0 Å². The first-order chi connectivity index (χ1) is 16.7. The summed E-state index contributed by atoms with van der Waals surface area (Å²) in [7, 11) is 0. The third-order valence-electron chi connectivity index (χ3n) is 4.90. The minimum atomic E-state index is 0.118. The fraction of sp³-hybridized carbons (Fsp3) is 0. The van der Waals surface area contributed by atoms with Gasteiger partial charge in [0.05, 0.1) is 12.4 Å². The first kappa shape index (κ1) is 22.4. The van der Waals surface area contributed by atoms with Crippen LogP contribution in [0.4, 0.5) is 0 Å². The molecule has 0 aliphatic carbocycles. The van der Waals surface area contributed by atoms with Gasteiger partial charge in [0.15, 0.2) is 0 Å². The van der Waals surface area contributed by atoms with Crippen LogP contribution in [0, 0.1) is 0 Å². The third-order valence-corrected chi connectivity index (χ3v) is 4.90. The van der Waals surface area contributed by atoms with Gasteiger partial charge in [-0.05, 0) is 24.3 Å². The molecule has 4 rings (SSSR count). The molecule has 166 valence electrons. The molecule has 4 aromatic carbocycles. The van der Waals surface area contributed by atoms with Crippen LogP contribution in [-0.2, 0) is 0 Å². The Morgan fingerprint density at radius 3 is 1.21 bits per heavy atom. The summed E-state index contributed by atoms with van der Waals surface area (Å²) < 4.78 is 0. The zero-order valence-corrected chi connectivity index (χ0v) is 18.2. The van der Waals surface area contributed by atoms with Gasteiger partial charge in [-0.2, -0.15) is 10.2 Å². The summed E-state index contributed by atoms with van der Waals surface area (Å²) in [6, 6.07) is 32.9. The summed E-state index contributed by atoms with van der Waals surface area (Å²) in [5.41, 5.74) is 3.72. The highest BCUT2D eigenvalue weighted by Gasteiger charge is 2.15. The second kappa shape index (κ2) is 11.2. The van der Waals surface area contributed by atoms with Crippen LogP contribution >= 0.6 is 0 Å². The van der Waals surface area contributed by atoms with Gasteiger partial charge in [-0.1, -0.05) is 84.9 Å². The van der Waals surface area contributed by atoms with E-state index in [1.807, 2.05) is 72.8 Å². The number of phenolic OH excluding ortho intramolecular Hbond substituents is 2. The molecule has 34 heavy (non-hydrogen) atoms. The van der Waals surface area contributed by atoms with Gasteiger partial charge in [-0.15, -0.1) is 10.2 Å². The van der Waals surface area contributed by atoms with E-state index >= 15 is 0 Å². The van der Waals surface area contributed by atoms with Crippen molar-refractivity contribution in [3.05, 3.63) is 131 Å². The predicted molar refractivity (Wildman–Crippen MR) is 137 cm³/mol. The zero-order chi connectivity index (χ0) is 23.6. The van der Waals surface area contributed by atoms with Crippen LogP contribution in [0.15, 0.2) is 130 Å². The van der Waals surface area contributed by atoms with Gasteiger partial charge in [0, 0.05) is 22.3 Å². The number of aromatic hydroxyl groups is 2. The molecule has 0 bridgehead atoms. The maximum atomic E-state index is 10.0. The fourth-order valence-electron chi connectivity index (χ4n) is 3.17. The van der Waals surface area contributed by atoms with Crippen molar-refractivity contribution >= 4 is 23.9 Å². The molecule has 0 heterocycles. The summed E-state index contributed by atoms with van der Waals surface area (Å²) in [6.07, 6.45) is 2.98. The predicted octanol–water partition coefficient (Wildman–Crippen LogP) is 5.44. The fourth-order valence-corrected chi connectivity index (χ4v) is 3.17. The van der Waals surface area contributed by atoms with Crippen molar-refractivity contribution < 1.29 is 10.2 Å². The van der Waals surface area contributed by atoms with E-state index in [1.165, 1.54) is 12.4 Å². The van der Waals surface area contributed by atoms with E-state index in [-0.39, 0.29) is 11.5 Å². The van der Waals surface area contributed by atoms with E-state index in [4.69, 9.17) is 0 Å². The highest BCUT2D eigenvalue weighted by molar-refractivity contribution is 6.53. The molecule has 0 saturated carbocycles. The highest BCUT2D eigenvalue weighted by atomic mass is 16.3. The average molecular weight is 447 g/mol. The second-order valence-electron chi connectivity index (χ2n) is 7.24. The molecule has 0 amide bonds. The molecular weight excluding hydrogens is 424 g/mol. The number of hydrogen-bond donors (Lipinski definition) is 2.